The molecule has 0 spiro atoms. The molecule has 0 saturated carbocycles. The van der Waals surface area contributed by atoms with Crippen molar-refractivity contribution in [1.29, 1.82) is 0 Å². The van der Waals surface area contributed by atoms with Gasteiger partial charge in [-0.15, -0.1) is 0 Å². The Kier molecular flexibility index (Phi) is 3.89. The van der Waals surface area contributed by atoms with Crippen LogP contribution >= 0.6 is 11.6 Å². The van der Waals surface area contributed by atoms with Gasteiger partial charge in [-0.2, -0.15) is 0 Å². The molecule has 0 aliphatic rings. The first-order valence-corrected chi connectivity index (χ1v) is 7.53. The highest BCUT2D eigenvalue weighted by molar-refractivity contribution is 6.35. The van der Waals surface area contributed by atoms with Crippen LogP contribution < -0.4 is 4.74 Å². The maximum absolute atomic E-state index is 6.29. The molecule has 0 radical (unpaired) electrons. The number of rotatable bonds is 4. The molecule has 0 bridgehead atoms. The second kappa shape index (κ2) is 5.82. The second-order valence-corrected chi connectivity index (χ2v) is 5.51. The SMILES string of the molecule is CCn1c(COc2ccccc2C)cc2c(Cl)cccc21. The number of benzene rings is 2. The smallest absolute Gasteiger partial charge is 0.128 e. The number of hydrogen-bond donors (Lipinski definition) is 0. The number of aryl methyl sites for hydroxylation is 2. The lowest BCUT2D eigenvalue weighted by Gasteiger charge is -2.11. The van der Waals surface area contributed by atoms with Gasteiger partial charge in [-0.3, -0.25) is 0 Å². The molecular formula is C18H18ClNO. The molecule has 0 N–H and O–H groups in total. The Morgan fingerprint density at radius 1 is 1.10 bits per heavy atom. The summed E-state index contributed by atoms with van der Waals surface area (Å²) in [6.45, 7) is 5.64. The van der Waals surface area contributed by atoms with Crippen LogP contribution in [0.3, 0.4) is 0 Å². The van der Waals surface area contributed by atoms with Crippen molar-refractivity contribution >= 4 is 22.5 Å². The van der Waals surface area contributed by atoms with Crippen molar-refractivity contribution in [1.82, 2.24) is 4.57 Å². The van der Waals surface area contributed by atoms with Gasteiger partial charge in [0.1, 0.15) is 12.4 Å². The lowest BCUT2D eigenvalue weighted by Crippen LogP contribution is -2.05. The van der Waals surface area contributed by atoms with E-state index in [2.05, 4.69) is 36.6 Å². The Balaban J connectivity index is 1.94. The molecule has 1 heterocycles. The van der Waals surface area contributed by atoms with Crippen LogP contribution in [0, 0.1) is 6.92 Å². The summed E-state index contributed by atoms with van der Waals surface area (Å²) in [5.74, 6) is 0.927. The molecule has 0 aliphatic carbocycles. The van der Waals surface area contributed by atoms with Crippen molar-refractivity contribution in [3.8, 4) is 5.75 Å². The predicted octanol–water partition coefficient (Wildman–Crippen LogP) is 5.20. The molecule has 0 atom stereocenters. The van der Waals surface area contributed by atoms with Crippen LogP contribution in [0.25, 0.3) is 10.9 Å². The summed E-state index contributed by atoms with van der Waals surface area (Å²) in [6, 6.07) is 16.2. The number of halogens is 1. The molecule has 0 fully saturated rings. The zero-order chi connectivity index (χ0) is 14.8. The molecule has 108 valence electrons. The van der Waals surface area contributed by atoms with Crippen LogP contribution in [0.2, 0.25) is 5.02 Å². The van der Waals surface area contributed by atoms with Crippen molar-refractivity contribution in [2.45, 2.75) is 27.0 Å². The highest BCUT2D eigenvalue weighted by atomic mass is 35.5. The van der Waals surface area contributed by atoms with Gasteiger partial charge in [0.15, 0.2) is 0 Å². The van der Waals surface area contributed by atoms with E-state index in [1.165, 1.54) is 0 Å². The predicted molar refractivity (Wildman–Crippen MR) is 88.1 cm³/mol. The Morgan fingerprint density at radius 3 is 2.67 bits per heavy atom. The molecule has 0 aliphatic heterocycles. The largest absolute Gasteiger partial charge is 0.487 e. The van der Waals surface area contributed by atoms with Gasteiger partial charge in [-0.1, -0.05) is 35.9 Å². The fourth-order valence-corrected chi connectivity index (χ4v) is 2.89. The average molecular weight is 300 g/mol. The summed E-state index contributed by atoms with van der Waals surface area (Å²) >= 11 is 6.29. The molecule has 3 aromatic rings. The monoisotopic (exact) mass is 299 g/mol. The minimum Gasteiger partial charge on any atom is -0.487 e. The minimum absolute atomic E-state index is 0.545. The van der Waals surface area contributed by atoms with Crippen LogP contribution in [0.4, 0.5) is 0 Å². The molecule has 2 aromatic carbocycles. The number of nitrogens with zero attached hydrogens (tertiary/aromatic N) is 1. The number of para-hydroxylation sites is 1. The average Bonchev–Trinajstić information content (AvgIpc) is 2.85. The lowest BCUT2D eigenvalue weighted by atomic mass is 10.2. The van der Waals surface area contributed by atoms with E-state index in [-0.39, 0.29) is 0 Å². The van der Waals surface area contributed by atoms with Crippen LogP contribution in [0.1, 0.15) is 18.2 Å². The summed E-state index contributed by atoms with van der Waals surface area (Å²) in [6.07, 6.45) is 0. The first-order valence-electron chi connectivity index (χ1n) is 7.15. The zero-order valence-electron chi connectivity index (χ0n) is 12.3. The van der Waals surface area contributed by atoms with E-state index in [4.69, 9.17) is 16.3 Å². The summed E-state index contributed by atoms with van der Waals surface area (Å²) in [4.78, 5) is 0. The van der Waals surface area contributed by atoms with Crippen LogP contribution in [0.15, 0.2) is 48.5 Å². The fourth-order valence-electron chi connectivity index (χ4n) is 2.67. The molecule has 21 heavy (non-hydrogen) atoms. The van der Waals surface area contributed by atoms with Crippen molar-refractivity contribution in [2.75, 3.05) is 0 Å². The maximum Gasteiger partial charge on any atom is 0.128 e. The second-order valence-electron chi connectivity index (χ2n) is 5.11. The van der Waals surface area contributed by atoms with Gasteiger partial charge in [0.25, 0.3) is 0 Å². The third kappa shape index (κ3) is 2.64. The Hall–Kier alpha value is -1.93. The van der Waals surface area contributed by atoms with E-state index in [0.29, 0.717) is 6.61 Å². The molecule has 3 rings (SSSR count). The molecule has 0 amide bonds. The molecular weight excluding hydrogens is 282 g/mol. The minimum atomic E-state index is 0.545. The van der Waals surface area contributed by atoms with Gasteiger partial charge in [0, 0.05) is 22.5 Å². The topological polar surface area (TPSA) is 14.2 Å². The number of fused-ring (bicyclic) bond motifs is 1. The van der Waals surface area contributed by atoms with E-state index >= 15 is 0 Å². The van der Waals surface area contributed by atoms with Crippen LogP contribution in [0.5, 0.6) is 5.75 Å². The summed E-state index contributed by atoms with van der Waals surface area (Å²) in [7, 11) is 0. The molecule has 3 heteroatoms. The third-order valence-corrected chi connectivity index (χ3v) is 4.09. The Labute approximate surface area is 129 Å². The van der Waals surface area contributed by atoms with Gasteiger partial charge in [-0.05, 0) is 43.7 Å². The normalized spacial score (nSPS) is 11.0. The first-order chi connectivity index (χ1) is 10.2. The Morgan fingerprint density at radius 2 is 1.90 bits per heavy atom. The van der Waals surface area contributed by atoms with Crippen molar-refractivity contribution in [2.24, 2.45) is 0 Å². The van der Waals surface area contributed by atoms with Gasteiger partial charge in [-0.25, -0.2) is 0 Å². The number of aromatic nitrogens is 1. The third-order valence-electron chi connectivity index (χ3n) is 3.76. The molecule has 2 nitrogen and oxygen atoms in total. The molecule has 0 saturated heterocycles. The van der Waals surface area contributed by atoms with E-state index in [1.54, 1.807) is 0 Å². The van der Waals surface area contributed by atoms with E-state index in [0.717, 1.165) is 39.5 Å². The fraction of sp³-hybridized carbons (Fsp3) is 0.222. The van der Waals surface area contributed by atoms with Gasteiger partial charge < -0.3 is 9.30 Å². The summed E-state index contributed by atoms with van der Waals surface area (Å²) in [5.41, 5.74) is 3.45. The highest BCUT2D eigenvalue weighted by Crippen LogP contribution is 2.28. The van der Waals surface area contributed by atoms with Crippen LogP contribution in [-0.2, 0) is 13.2 Å². The number of ether oxygens (including phenoxy) is 1. The van der Waals surface area contributed by atoms with Gasteiger partial charge in [0.05, 0.1) is 5.69 Å². The summed E-state index contributed by atoms with van der Waals surface area (Å²) < 4.78 is 8.22. The lowest BCUT2D eigenvalue weighted by molar-refractivity contribution is 0.294. The van der Waals surface area contributed by atoms with Gasteiger partial charge in [0.2, 0.25) is 0 Å². The maximum atomic E-state index is 6.29. The zero-order valence-corrected chi connectivity index (χ0v) is 13.0. The molecule has 1 aromatic heterocycles. The summed E-state index contributed by atoms with van der Waals surface area (Å²) in [5, 5.41) is 1.88. The van der Waals surface area contributed by atoms with Crippen molar-refractivity contribution < 1.29 is 4.74 Å². The van der Waals surface area contributed by atoms with Crippen LogP contribution in [-0.4, -0.2) is 4.57 Å². The Bertz CT molecular complexity index is 776. The van der Waals surface area contributed by atoms with E-state index < -0.39 is 0 Å². The standard InChI is InChI=1S/C18H18ClNO/c1-3-20-14(11-15-16(19)8-6-9-17(15)20)12-21-18-10-5-4-7-13(18)2/h4-11H,3,12H2,1-2H3. The van der Waals surface area contributed by atoms with Crippen molar-refractivity contribution in [3.63, 3.8) is 0 Å². The quantitative estimate of drug-likeness (QED) is 0.645. The van der Waals surface area contributed by atoms with Gasteiger partial charge >= 0.3 is 0 Å². The first kappa shape index (κ1) is 14.0. The van der Waals surface area contributed by atoms with E-state index in [9.17, 15) is 0 Å². The number of hydrogen-bond acceptors (Lipinski definition) is 1. The van der Waals surface area contributed by atoms with E-state index in [1.807, 2.05) is 30.3 Å². The van der Waals surface area contributed by atoms with Crippen molar-refractivity contribution in [3.05, 3.63) is 64.8 Å². The highest BCUT2D eigenvalue weighted by Gasteiger charge is 2.10. The molecule has 0 unspecified atom stereocenters.